The van der Waals surface area contributed by atoms with Crippen molar-refractivity contribution in [2.75, 3.05) is 31.6 Å². The molecule has 0 saturated carbocycles. The number of para-hydroxylation sites is 1. The van der Waals surface area contributed by atoms with Crippen molar-refractivity contribution < 1.29 is 32.8 Å². The van der Waals surface area contributed by atoms with Crippen LogP contribution in [0.3, 0.4) is 0 Å². The average molecular weight is 390 g/mol. The van der Waals surface area contributed by atoms with Crippen molar-refractivity contribution in [3.8, 4) is 0 Å². The fourth-order valence-electron chi connectivity index (χ4n) is 2.05. The molecule has 0 aliphatic rings. The molecule has 0 radical (unpaired) electrons. The molecule has 0 aliphatic heterocycles. The molecule has 1 atom stereocenters. The molecule has 1 unspecified atom stereocenters. The summed E-state index contributed by atoms with van der Waals surface area (Å²) >= 11 is 0.343. The summed E-state index contributed by atoms with van der Waals surface area (Å²) in [6.45, 7) is 3.83. The zero-order chi connectivity index (χ0) is 19.5. The standard InChI is InChI=1S/C16H21F2N3O4S/c1-3-21(10-14(23)20-16(24)25-4-2)9-13(22)19-11-7-5-6-8-12(11)26-15(17)18/h5-8,15H,3-4,9-10H2,1-2H3,(H,19,22)(H,20,23,24)/p+1. The van der Waals surface area contributed by atoms with Gasteiger partial charge in [0.05, 0.1) is 18.8 Å². The number of ether oxygens (including phenoxy) is 1. The maximum Gasteiger partial charge on any atom is 0.414 e. The number of thioether (sulfide) groups is 1. The first kappa shape index (κ1) is 21.8. The van der Waals surface area contributed by atoms with Crippen LogP contribution < -0.4 is 15.5 Å². The number of carbonyl (C=O) groups is 3. The molecule has 7 nitrogen and oxygen atoms in total. The summed E-state index contributed by atoms with van der Waals surface area (Å²) in [5.74, 6) is -3.59. The molecule has 0 saturated heterocycles. The maximum atomic E-state index is 12.6. The molecule has 3 amide bonds. The number of carbonyl (C=O) groups excluding carboxylic acids is 3. The smallest absolute Gasteiger partial charge is 0.414 e. The molecule has 0 aromatic heterocycles. The number of quaternary nitrogens is 1. The van der Waals surface area contributed by atoms with E-state index in [4.69, 9.17) is 0 Å². The molecule has 1 rings (SSSR count). The first-order chi connectivity index (χ1) is 12.3. The molecule has 0 spiro atoms. The minimum absolute atomic E-state index is 0.0551. The predicted molar refractivity (Wildman–Crippen MR) is 93.3 cm³/mol. The van der Waals surface area contributed by atoms with Gasteiger partial charge in [0.1, 0.15) is 0 Å². The van der Waals surface area contributed by atoms with Gasteiger partial charge in [-0.3, -0.25) is 14.9 Å². The Morgan fingerprint density at radius 1 is 1.15 bits per heavy atom. The average Bonchev–Trinajstić information content (AvgIpc) is 2.55. The number of alkyl halides is 2. The fourth-order valence-corrected chi connectivity index (χ4v) is 2.65. The van der Waals surface area contributed by atoms with Crippen LogP contribution in [-0.2, 0) is 14.3 Å². The van der Waals surface area contributed by atoms with Gasteiger partial charge in [0.2, 0.25) is 0 Å². The molecule has 0 heterocycles. The molecular weight excluding hydrogens is 368 g/mol. The Morgan fingerprint density at radius 2 is 1.81 bits per heavy atom. The number of rotatable bonds is 9. The third kappa shape index (κ3) is 8.26. The fraction of sp³-hybridized carbons (Fsp3) is 0.438. The Kier molecular flexibility index (Phi) is 9.60. The summed E-state index contributed by atoms with van der Waals surface area (Å²) in [5, 5.41) is 4.64. The topological polar surface area (TPSA) is 88.9 Å². The van der Waals surface area contributed by atoms with Gasteiger partial charge in [-0.25, -0.2) is 4.79 Å². The quantitative estimate of drug-likeness (QED) is 0.550. The Labute approximate surface area is 154 Å². The number of likely N-dealkylation sites (N-methyl/N-ethyl adjacent to an activating group) is 1. The van der Waals surface area contributed by atoms with Crippen molar-refractivity contribution in [3.05, 3.63) is 24.3 Å². The van der Waals surface area contributed by atoms with Crippen molar-refractivity contribution in [1.29, 1.82) is 0 Å². The summed E-state index contributed by atoms with van der Waals surface area (Å²) in [4.78, 5) is 36.0. The molecule has 0 aliphatic carbocycles. The number of imide groups is 1. The van der Waals surface area contributed by atoms with Crippen LogP contribution in [0.15, 0.2) is 29.2 Å². The lowest BCUT2D eigenvalue weighted by Crippen LogP contribution is -3.14. The van der Waals surface area contributed by atoms with Gasteiger partial charge < -0.3 is 15.0 Å². The van der Waals surface area contributed by atoms with Crippen molar-refractivity contribution >= 4 is 35.4 Å². The molecule has 10 heteroatoms. The van der Waals surface area contributed by atoms with E-state index in [0.29, 0.717) is 23.2 Å². The summed E-state index contributed by atoms with van der Waals surface area (Å²) in [6.07, 6.45) is -0.838. The molecule has 26 heavy (non-hydrogen) atoms. The van der Waals surface area contributed by atoms with Crippen LogP contribution in [0, 0.1) is 0 Å². The highest BCUT2D eigenvalue weighted by atomic mass is 32.2. The zero-order valence-electron chi connectivity index (χ0n) is 14.5. The first-order valence-electron chi connectivity index (χ1n) is 7.99. The van der Waals surface area contributed by atoms with Crippen LogP contribution >= 0.6 is 11.8 Å². The normalized spacial score (nSPS) is 11.7. The van der Waals surface area contributed by atoms with E-state index in [2.05, 4.69) is 15.4 Å². The summed E-state index contributed by atoms with van der Waals surface area (Å²) in [7, 11) is 0. The highest BCUT2D eigenvalue weighted by Gasteiger charge is 2.19. The Balaban J connectivity index is 2.59. The van der Waals surface area contributed by atoms with E-state index in [0.717, 1.165) is 0 Å². The molecule has 3 N–H and O–H groups in total. The SMILES string of the molecule is CCOC(=O)NC(=O)C[NH+](CC)CC(=O)Nc1ccccc1SC(F)F. The largest absolute Gasteiger partial charge is 0.450 e. The van der Waals surface area contributed by atoms with E-state index in [9.17, 15) is 23.2 Å². The number of alkyl carbamates (subject to hydrolysis) is 1. The number of anilines is 1. The molecule has 1 aromatic rings. The molecular formula is C16H22F2N3O4S+. The van der Waals surface area contributed by atoms with Gasteiger partial charge in [0.15, 0.2) is 13.1 Å². The van der Waals surface area contributed by atoms with Crippen LogP contribution in [0.1, 0.15) is 13.8 Å². The highest BCUT2D eigenvalue weighted by molar-refractivity contribution is 7.99. The predicted octanol–water partition coefficient (Wildman–Crippen LogP) is 1.12. The molecule has 1 aromatic carbocycles. The van der Waals surface area contributed by atoms with Gasteiger partial charge in [0.25, 0.3) is 17.6 Å². The molecule has 0 bridgehead atoms. The van der Waals surface area contributed by atoms with Crippen LogP contribution in [0.4, 0.5) is 19.3 Å². The highest BCUT2D eigenvalue weighted by Crippen LogP contribution is 2.31. The van der Waals surface area contributed by atoms with Crippen molar-refractivity contribution in [2.24, 2.45) is 0 Å². The van der Waals surface area contributed by atoms with E-state index in [-0.39, 0.29) is 30.3 Å². The Bertz CT molecular complexity index is 631. The van der Waals surface area contributed by atoms with Gasteiger partial charge in [-0.2, -0.15) is 8.78 Å². The van der Waals surface area contributed by atoms with Crippen LogP contribution in [0.5, 0.6) is 0 Å². The summed E-state index contributed by atoms with van der Waals surface area (Å²) < 4.78 is 29.7. The first-order valence-corrected chi connectivity index (χ1v) is 8.87. The maximum absolute atomic E-state index is 12.6. The Hall–Kier alpha value is -2.20. The monoisotopic (exact) mass is 390 g/mol. The van der Waals surface area contributed by atoms with Gasteiger partial charge in [-0.15, -0.1) is 0 Å². The second-order valence-electron chi connectivity index (χ2n) is 5.15. The van der Waals surface area contributed by atoms with Gasteiger partial charge >= 0.3 is 6.09 Å². The third-order valence-electron chi connectivity index (χ3n) is 3.22. The number of amides is 3. The molecule has 0 fully saturated rings. The van der Waals surface area contributed by atoms with Crippen LogP contribution in [0.2, 0.25) is 0 Å². The van der Waals surface area contributed by atoms with Crippen LogP contribution in [0.25, 0.3) is 0 Å². The number of benzene rings is 1. The Morgan fingerprint density at radius 3 is 2.42 bits per heavy atom. The lowest BCUT2D eigenvalue weighted by atomic mass is 10.3. The van der Waals surface area contributed by atoms with Crippen molar-refractivity contribution in [1.82, 2.24) is 5.32 Å². The van der Waals surface area contributed by atoms with E-state index in [1.165, 1.54) is 12.1 Å². The van der Waals surface area contributed by atoms with Gasteiger partial charge in [-0.05, 0) is 26.0 Å². The van der Waals surface area contributed by atoms with E-state index in [1.54, 1.807) is 26.0 Å². The second kappa shape index (κ2) is 11.4. The van der Waals surface area contributed by atoms with E-state index < -0.39 is 23.7 Å². The van der Waals surface area contributed by atoms with Gasteiger partial charge in [0, 0.05) is 4.90 Å². The minimum atomic E-state index is -2.60. The summed E-state index contributed by atoms with van der Waals surface area (Å²) in [6, 6.07) is 6.25. The zero-order valence-corrected chi connectivity index (χ0v) is 15.3. The van der Waals surface area contributed by atoms with E-state index >= 15 is 0 Å². The third-order valence-corrected chi connectivity index (χ3v) is 4.00. The number of hydrogen-bond donors (Lipinski definition) is 3. The number of hydrogen-bond acceptors (Lipinski definition) is 5. The van der Waals surface area contributed by atoms with Crippen molar-refractivity contribution in [3.63, 3.8) is 0 Å². The van der Waals surface area contributed by atoms with Crippen molar-refractivity contribution in [2.45, 2.75) is 24.5 Å². The molecule has 144 valence electrons. The minimum Gasteiger partial charge on any atom is -0.450 e. The summed E-state index contributed by atoms with van der Waals surface area (Å²) in [5.41, 5.74) is 0.286. The van der Waals surface area contributed by atoms with Crippen LogP contribution in [-0.4, -0.2) is 49.9 Å². The number of nitrogens with one attached hydrogen (secondary N) is 3. The lowest BCUT2D eigenvalue weighted by molar-refractivity contribution is -0.881. The lowest BCUT2D eigenvalue weighted by Gasteiger charge is -2.17. The second-order valence-corrected chi connectivity index (χ2v) is 6.18. The number of halogens is 2. The van der Waals surface area contributed by atoms with Gasteiger partial charge in [-0.1, -0.05) is 23.9 Å². The van der Waals surface area contributed by atoms with E-state index in [1.807, 2.05) is 0 Å².